The Bertz CT molecular complexity index is 1020. The van der Waals surface area contributed by atoms with Crippen molar-refractivity contribution in [3.8, 4) is 34.2 Å². The summed E-state index contributed by atoms with van der Waals surface area (Å²) in [6, 6.07) is 25.9. The molecule has 0 fully saturated rings. The number of aromatic carboxylic acids is 1. The second-order valence-electron chi connectivity index (χ2n) is 5.92. The van der Waals surface area contributed by atoms with Crippen LogP contribution in [0.4, 0.5) is 0 Å². The fourth-order valence-corrected chi connectivity index (χ4v) is 2.70. The maximum absolute atomic E-state index is 11.1. The monoisotopic (exact) mass is 353 g/mol. The second kappa shape index (κ2) is 7.17. The van der Waals surface area contributed by atoms with Crippen molar-refractivity contribution in [2.24, 2.45) is 0 Å². The summed E-state index contributed by atoms with van der Waals surface area (Å²) in [7, 11) is 0. The van der Waals surface area contributed by atoms with E-state index in [4.69, 9.17) is 5.11 Å². The third-order valence-corrected chi connectivity index (χ3v) is 4.09. The molecule has 0 spiro atoms. The van der Waals surface area contributed by atoms with Crippen LogP contribution < -0.4 is 0 Å². The first-order valence-electron chi connectivity index (χ1n) is 8.41. The van der Waals surface area contributed by atoms with E-state index in [1.165, 1.54) is 0 Å². The number of nitrogens with zero attached hydrogens (tertiary/aromatic N) is 3. The third kappa shape index (κ3) is 3.57. The first kappa shape index (κ1) is 16.6. The Balaban J connectivity index is 1.86. The highest BCUT2D eigenvalue weighted by molar-refractivity contribution is 5.88. The van der Waals surface area contributed by atoms with Crippen LogP contribution >= 0.6 is 0 Å². The van der Waals surface area contributed by atoms with E-state index >= 15 is 0 Å². The fraction of sp³-hybridized carbons (Fsp3) is 0. The highest BCUT2D eigenvalue weighted by Crippen LogP contribution is 2.24. The summed E-state index contributed by atoms with van der Waals surface area (Å²) in [5, 5.41) is 9.09. The number of carboxylic acid groups (broad SMARTS) is 1. The van der Waals surface area contributed by atoms with Crippen molar-refractivity contribution in [2.45, 2.75) is 0 Å². The normalized spacial score (nSPS) is 10.5. The highest BCUT2D eigenvalue weighted by atomic mass is 16.4. The zero-order chi connectivity index (χ0) is 18.6. The summed E-state index contributed by atoms with van der Waals surface area (Å²) in [5.74, 6) is 0.676. The number of aromatic nitrogens is 3. The van der Waals surface area contributed by atoms with Gasteiger partial charge < -0.3 is 5.11 Å². The number of rotatable bonds is 4. The van der Waals surface area contributed by atoms with Gasteiger partial charge in [-0.05, 0) is 12.1 Å². The van der Waals surface area contributed by atoms with Crippen LogP contribution in [0.25, 0.3) is 34.2 Å². The fourth-order valence-electron chi connectivity index (χ4n) is 2.70. The minimum Gasteiger partial charge on any atom is -0.478 e. The van der Waals surface area contributed by atoms with Gasteiger partial charge in [-0.2, -0.15) is 0 Å². The summed E-state index contributed by atoms with van der Waals surface area (Å²) in [6.07, 6.45) is 0. The van der Waals surface area contributed by atoms with Crippen LogP contribution in [0.1, 0.15) is 10.4 Å². The van der Waals surface area contributed by atoms with Crippen molar-refractivity contribution in [1.29, 1.82) is 0 Å². The lowest BCUT2D eigenvalue weighted by Crippen LogP contribution is -2.01. The second-order valence-corrected chi connectivity index (χ2v) is 5.92. The van der Waals surface area contributed by atoms with E-state index < -0.39 is 5.97 Å². The maximum Gasteiger partial charge on any atom is 0.335 e. The van der Waals surface area contributed by atoms with Crippen molar-refractivity contribution in [1.82, 2.24) is 15.0 Å². The molecule has 0 amide bonds. The van der Waals surface area contributed by atoms with Gasteiger partial charge in [0.25, 0.3) is 0 Å². The van der Waals surface area contributed by atoms with Crippen LogP contribution in [0.3, 0.4) is 0 Å². The van der Waals surface area contributed by atoms with E-state index in [2.05, 4.69) is 15.0 Å². The van der Waals surface area contributed by atoms with Crippen molar-refractivity contribution >= 4 is 5.97 Å². The van der Waals surface area contributed by atoms with E-state index in [-0.39, 0.29) is 5.56 Å². The molecule has 0 bridgehead atoms. The lowest BCUT2D eigenvalue weighted by Gasteiger charge is -2.08. The molecule has 4 aromatic rings. The van der Waals surface area contributed by atoms with Crippen molar-refractivity contribution in [3.63, 3.8) is 0 Å². The quantitative estimate of drug-likeness (QED) is 0.581. The molecule has 4 rings (SSSR count). The first-order valence-corrected chi connectivity index (χ1v) is 8.41. The van der Waals surface area contributed by atoms with E-state index in [1.807, 2.05) is 60.7 Å². The molecule has 0 unspecified atom stereocenters. The van der Waals surface area contributed by atoms with E-state index in [9.17, 15) is 4.79 Å². The van der Waals surface area contributed by atoms with Gasteiger partial charge in [-0.15, -0.1) is 0 Å². The average Bonchev–Trinajstić information content (AvgIpc) is 2.75. The van der Waals surface area contributed by atoms with Gasteiger partial charge in [0.1, 0.15) is 0 Å². The summed E-state index contributed by atoms with van der Waals surface area (Å²) in [5.41, 5.74) is 2.73. The topological polar surface area (TPSA) is 76.0 Å². The molecular weight excluding hydrogens is 338 g/mol. The van der Waals surface area contributed by atoms with Gasteiger partial charge in [-0.1, -0.05) is 72.8 Å². The molecule has 0 aliphatic carbocycles. The van der Waals surface area contributed by atoms with Crippen molar-refractivity contribution in [2.75, 3.05) is 0 Å². The van der Waals surface area contributed by atoms with E-state index in [0.29, 0.717) is 17.5 Å². The van der Waals surface area contributed by atoms with Gasteiger partial charge in [0.2, 0.25) is 0 Å². The molecule has 130 valence electrons. The molecule has 0 atom stereocenters. The molecule has 5 nitrogen and oxygen atoms in total. The Hall–Kier alpha value is -3.86. The molecule has 0 saturated carbocycles. The molecule has 0 radical (unpaired) electrons. The Kier molecular flexibility index (Phi) is 4.41. The number of benzene rings is 3. The lowest BCUT2D eigenvalue weighted by molar-refractivity contribution is 0.0697. The molecule has 1 aromatic heterocycles. The predicted octanol–water partition coefficient (Wildman–Crippen LogP) is 4.57. The first-order chi connectivity index (χ1) is 13.2. The molecule has 1 heterocycles. The van der Waals surface area contributed by atoms with Crippen LogP contribution in [-0.2, 0) is 0 Å². The summed E-state index contributed by atoms with van der Waals surface area (Å²) < 4.78 is 0. The Morgan fingerprint density at radius 3 is 1.30 bits per heavy atom. The summed E-state index contributed by atoms with van der Waals surface area (Å²) >= 11 is 0. The van der Waals surface area contributed by atoms with Crippen molar-refractivity contribution in [3.05, 3.63) is 90.5 Å². The Morgan fingerprint density at radius 1 is 0.556 bits per heavy atom. The molecule has 0 aliphatic rings. The molecule has 3 aromatic carbocycles. The van der Waals surface area contributed by atoms with Crippen LogP contribution in [0.2, 0.25) is 0 Å². The number of hydrogen-bond donors (Lipinski definition) is 1. The van der Waals surface area contributed by atoms with Gasteiger partial charge in [-0.25, -0.2) is 19.7 Å². The minimum absolute atomic E-state index is 0.222. The molecule has 5 heteroatoms. The predicted molar refractivity (Wildman–Crippen MR) is 103 cm³/mol. The summed E-state index contributed by atoms with van der Waals surface area (Å²) in [4.78, 5) is 24.9. The van der Waals surface area contributed by atoms with Gasteiger partial charge >= 0.3 is 5.97 Å². The standard InChI is InChI=1S/C22H15N3O2/c26-22(27)18-13-11-17(12-14-18)21-24-19(15-7-3-1-4-8-15)23-20(25-21)16-9-5-2-6-10-16/h1-14H,(H,26,27). The largest absolute Gasteiger partial charge is 0.478 e. The zero-order valence-electron chi connectivity index (χ0n) is 14.3. The maximum atomic E-state index is 11.1. The van der Waals surface area contributed by atoms with Gasteiger partial charge in [-0.3, -0.25) is 0 Å². The van der Waals surface area contributed by atoms with Gasteiger partial charge in [0.15, 0.2) is 17.5 Å². The SMILES string of the molecule is O=C(O)c1ccc(-c2nc(-c3ccccc3)nc(-c3ccccc3)n2)cc1. The number of carbonyl (C=O) groups is 1. The molecule has 27 heavy (non-hydrogen) atoms. The van der Waals surface area contributed by atoms with E-state index in [0.717, 1.165) is 16.7 Å². The lowest BCUT2D eigenvalue weighted by atomic mass is 10.1. The average molecular weight is 353 g/mol. The third-order valence-electron chi connectivity index (χ3n) is 4.09. The van der Waals surface area contributed by atoms with Crippen LogP contribution in [0.15, 0.2) is 84.9 Å². The molecular formula is C22H15N3O2. The molecule has 0 aliphatic heterocycles. The van der Waals surface area contributed by atoms with Gasteiger partial charge in [0.05, 0.1) is 5.56 Å². The smallest absolute Gasteiger partial charge is 0.335 e. The van der Waals surface area contributed by atoms with Crippen LogP contribution in [-0.4, -0.2) is 26.0 Å². The zero-order valence-corrected chi connectivity index (χ0v) is 14.3. The van der Waals surface area contributed by atoms with E-state index in [1.54, 1.807) is 24.3 Å². The van der Waals surface area contributed by atoms with Crippen LogP contribution in [0, 0.1) is 0 Å². The van der Waals surface area contributed by atoms with Gasteiger partial charge in [0, 0.05) is 16.7 Å². The molecule has 1 N–H and O–H groups in total. The Labute approximate surface area is 156 Å². The Morgan fingerprint density at radius 2 is 0.926 bits per heavy atom. The highest BCUT2D eigenvalue weighted by Gasteiger charge is 2.12. The van der Waals surface area contributed by atoms with Crippen molar-refractivity contribution < 1.29 is 9.90 Å². The minimum atomic E-state index is -0.966. The van der Waals surface area contributed by atoms with Crippen LogP contribution in [0.5, 0.6) is 0 Å². The number of carboxylic acids is 1. The molecule has 0 saturated heterocycles. The number of hydrogen-bond acceptors (Lipinski definition) is 4. The summed E-state index contributed by atoms with van der Waals surface area (Å²) in [6.45, 7) is 0.